The number of amides is 1. The van der Waals surface area contributed by atoms with E-state index in [1.165, 1.54) is 6.07 Å². The van der Waals surface area contributed by atoms with Gasteiger partial charge in [-0.15, -0.1) is 0 Å². The summed E-state index contributed by atoms with van der Waals surface area (Å²) < 4.78 is 26.3. The largest absolute Gasteiger partial charge is 0.508 e. The molecule has 0 aliphatic heterocycles. The van der Waals surface area contributed by atoms with Crippen LogP contribution in [0.15, 0.2) is 60.8 Å². The van der Waals surface area contributed by atoms with Crippen LogP contribution in [0, 0.1) is 11.6 Å². The summed E-state index contributed by atoms with van der Waals surface area (Å²) in [5.41, 5.74) is 1.57. The first kappa shape index (κ1) is 19.3. The number of phenolic OH excluding ortho intramolecular Hbond substituents is 1. The van der Waals surface area contributed by atoms with Crippen molar-refractivity contribution in [2.24, 2.45) is 0 Å². The quantitative estimate of drug-likeness (QED) is 0.582. The number of aromatic nitrogens is 1. The van der Waals surface area contributed by atoms with Crippen LogP contribution in [-0.2, 0) is 13.0 Å². The molecule has 0 saturated heterocycles. The molecule has 0 bridgehead atoms. The lowest BCUT2D eigenvalue weighted by molar-refractivity contribution is 0.0951. The van der Waals surface area contributed by atoms with Gasteiger partial charge in [-0.1, -0.05) is 24.3 Å². The van der Waals surface area contributed by atoms with E-state index in [9.17, 15) is 18.7 Å². The van der Waals surface area contributed by atoms with Gasteiger partial charge in [-0.3, -0.25) is 4.79 Å². The summed E-state index contributed by atoms with van der Waals surface area (Å²) in [4.78, 5) is 16.7. The number of benzene rings is 2. The van der Waals surface area contributed by atoms with Gasteiger partial charge in [0, 0.05) is 19.3 Å². The molecule has 0 radical (unpaired) electrons. The molecule has 0 aliphatic carbocycles. The number of halogens is 2. The molecule has 0 saturated carbocycles. The van der Waals surface area contributed by atoms with E-state index in [1.807, 2.05) is 12.1 Å². The Kier molecular flexibility index (Phi) is 6.16. The number of para-hydroxylation sites is 1. The molecule has 0 spiro atoms. The van der Waals surface area contributed by atoms with Gasteiger partial charge in [-0.2, -0.15) is 0 Å². The molecule has 0 atom stereocenters. The number of hydrogen-bond acceptors (Lipinski definition) is 4. The molecule has 3 aromatic rings. The predicted molar refractivity (Wildman–Crippen MR) is 102 cm³/mol. The van der Waals surface area contributed by atoms with E-state index in [4.69, 9.17) is 0 Å². The Bertz CT molecular complexity index is 979. The van der Waals surface area contributed by atoms with Crippen LogP contribution in [0.3, 0.4) is 0 Å². The molecule has 28 heavy (non-hydrogen) atoms. The summed E-state index contributed by atoms with van der Waals surface area (Å²) in [5.74, 6) is -1.66. The van der Waals surface area contributed by atoms with Crippen molar-refractivity contribution in [3.8, 4) is 5.75 Å². The lowest BCUT2D eigenvalue weighted by atomic mass is 10.1. The zero-order valence-electron chi connectivity index (χ0n) is 15.0. The molecule has 0 aliphatic rings. The molecule has 1 heterocycles. The van der Waals surface area contributed by atoms with Crippen LogP contribution >= 0.6 is 0 Å². The monoisotopic (exact) mass is 383 g/mol. The fourth-order valence-electron chi connectivity index (χ4n) is 2.69. The number of hydrogen-bond donors (Lipinski definition) is 3. The van der Waals surface area contributed by atoms with Crippen LogP contribution in [0.5, 0.6) is 5.75 Å². The summed E-state index contributed by atoms with van der Waals surface area (Å²) in [6, 6.07) is 13.8. The molecule has 144 valence electrons. The van der Waals surface area contributed by atoms with E-state index < -0.39 is 11.6 Å². The molecular weight excluding hydrogens is 364 g/mol. The average Bonchev–Trinajstić information content (AvgIpc) is 2.70. The Labute approximate surface area is 161 Å². The van der Waals surface area contributed by atoms with Crippen molar-refractivity contribution in [3.05, 3.63) is 89.1 Å². The highest BCUT2D eigenvalue weighted by molar-refractivity contribution is 5.98. The van der Waals surface area contributed by atoms with Crippen LogP contribution in [-0.4, -0.2) is 22.5 Å². The minimum Gasteiger partial charge on any atom is -0.508 e. The topological polar surface area (TPSA) is 74.2 Å². The molecule has 1 amide bonds. The van der Waals surface area contributed by atoms with Gasteiger partial charge < -0.3 is 15.7 Å². The molecule has 0 unspecified atom stereocenters. The summed E-state index contributed by atoms with van der Waals surface area (Å²) >= 11 is 0. The number of nitrogens with one attached hydrogen (secondary N) is 2. The third-order valence-electron chi connectivity index (χ3n) is 4.17. The first-order valence-electron chi connectivity index (χ1n) is 8.72. The van der Waals surface area contributed by atoms with Crippen LogP contribution in [0.25, 0.3) is 0 Å². The third kappa shape index (κ3) is 4.82. The van der Waals surface area contributed by atoms with Crippen LogP contribution < -0.4 is 10.6 Å². The van der Waals surface area contributed by atoms with E-state index in [0.717, 1.165) is 17.7 Å². The maximum atomic E-state index is 13.3. The number of aromatic hydroxyl groups is 1. The third-order valence-corrected chi connectivity index (χ3v) is 4.17. The minimum absolute atomic E-state index is 0.0578. The number of carbonyl (C=O) groups is 1. The fourth-order valence-corrected chi connectivity index (χ4v) is 2.69. The fraction of sp³-hybridized carbons (Fsp3) is 0.143. The standard InChI is InChI=1S/C21H19F2N3O2/c22-17-8-7-14(12-18(17)23)13-26-21(28)16-5-3-10-24-20(16)25-11-9-15-4-1-2-6-19(15)27/h1-8,10,12,27H,9,11,13H2,(H,24,25)(H,26,28). The summed E-state index contributed by atoms with van der Waals surface area (Å²) in [7, 11) is 0. The smallest absolute Gasteiger partial charge is 0.255 e. The number of anilines is 1. The van der Waals surface area contributed by atoms with Gasteiger partial charge in [-0.25, -0.2) is 13.8 Å². The average molecular weight is 383 g/mol. The van der Waals surface area contributed by atoms with Gasteiger partial charge in [0.15, 0.2) is 11.6 Å². The normalized spacial score (nSPS) is 10.5. The van der Waals surface area contributed by atoms with E-state index >= 15 is 0 Å². The Balaban J connectivity index is 1.61. The van der Waals surface area contributed by atoms with Crippen LogP contribution in [0.2, 0.25) is 0 Å². The van der Waals surface area contributed by atoms with Gasteiger partial charge in [0.25, 0.3) is 5.91 Å². The van der Waals surface area contributed by atoms with E-state index in [1.54, 1.807) is 30.5 Å². The van der Waals surface area contributed by atoms with Crippen molar-refractivity contribution < 1.29 is 18.7 Å². The lowest BCUT2D eigenvalue weighted by Crippen LogP contribution is -2.24. The predicted octanol–water partition coefficient (Wildman–Crippen LogP) is 3.65. The van der Waals surface area contributed by atoms with Gasteiger partial charge in [0.05, 0.1) is 5.56 Å². The Hall–Kier alpha value is -3.48. The van der Waals surface area contributed by atoms with Crippen molar-refractivity contribution in [1.29, 1.82) is 0 Å². The molecule has 5 nitrogen and oxygen atoms in total. The van der Waals surface area contributed by atoms with Gasteiger partial charge in [-0.05, 0) is 47.9 Å². The highest BCUT2D eigenvalue weighted by Crippen LogP contribution is 2.17. The second-order valence-corrected chi connectivity index (χ2v) is 6.14. The molecule has 3 N–H and O–H groups in total. The second-order valence-electron chi connectivity index (χ2n) is 6.14. The number of phenols is 1. The minimum atomic E-state index is -0.959. The molecule has 0 fully saturated rings. The zero-order chi connectivity index (χ0) is 19.9. The van der Waals surface area contributed by atoms with Crippen molar-refractivity contribution in [2.45, 2.75) is 13.0 Å². The highest BCUT2D eigenvalue weighted by atomic mass is 19.2. The Morgan fingerprint density at radius 2 is 1.86 bits per heavy atom. The number of rotatable bonds is 7. The molecule has 3 rings (SSSR count). The first-order chi connectivity index (χ1) is 13.5. The number of carbonyl (C=O) groups excluding carboxylic acids is 1. The van der Waals surface area contributed by atoms with Gasteiger partial charge in [0.2, 0.25) is 0 Å². The van der Waals surface area contributed by atoms with Crippen molar-refractivity contribution in [1.82, 2.24) is 10.3 Å². The Morgan fingerprint density at radius 3 is 2.64 bits per heavy atom. The first-order valence-corrected chi connectivity index (χ1v) is 8.72. The van der Waals surface area contributed by atoms with E-state index in [2.05, 4.69) is 15.6 Å². The van der Waals surface area contributed by atoms with E-state index in [0.29, 0.717) is 29.9 Å². The lowest BCUT2D eigenvalue weighted by Gasteiger charge is -2.12. The highest BCUT2D eigenvalue weighted by Gasteiger charge is 2.12. The van der Waals surface area contributed by atoms with Crippen LogP contribution in [0.4, 0.5) is 14.6 Å². The molecule has 1 aromatic heterocycles. The van der Waals surface area contributed by atoms with E-state index in [-0.39, 0.29) is 18.2 Å². The van der Waals surface area contributed by atoms with Gasteiger partial charge in [0.1, 0.15) is 11.6 Å². The van der Waals surface area contributed by atoms with Crippen LogP contribution in [0.1, 0.15) is 21.5 Å². The number of nitrogens with zero attached hydrogens (tertiary/aromatic N) is 1. The SMILES string of the molecule is O=C(NCc1ccc(F)c(F)c1)c1cccnc1NCCc1ccccc1O. The Morgan fingerprint density at radius 1 is 1.04 bits per heavy atom. The molecule has 2 aromatic carbocycles. The number of pyridine rings is 1. The van der Waals surface area contributed by atoms with Crippen molar-refractivity contribution in [3.63, 3.8) is 0 Å². The molecular formula is C21H19F2N3O2. The maximum Gasteiger partial charge on any atom is 0.255 e. The summed E-state index contributed by atoms with van der Waals surface area (Å²) in [6.07, 6.45) is 2.12. The van der Waals surface area contributed by atoms with Crippen molar-refractivity contribution in [2.75, 3.05) is 11.9 Å². The summed E-state index contributed by atoms with van der Waals surface area (Å²) in [5, 5.41) is 15.6. The summed E-state index contributed by atoms with van der Waals surface area (Å²) in [6.45, 7) is 0.528. The molecule has 7 heteroatoms. The second kappa shape index (κ2) is 8.94. The van der Waals surface area contributed by atoms with Crippen molar-refractivity contribution >= 4 is 11.7 Å². The van der Waals surface area contributed by atoms with Gasteiger partial charge >= 0.3 is 0 Å². The zero-order valence-corrected chi connectivity index (χ0v) is 15.0. The maximum absolute atomic E-state index is 13.3.